The normalized spacial score (nSPS) is 19.2. The van der Waals surface area contributed by atoms with Crippen molar-refractivity contribution in [3.63, 3.8) is 0 Å². The van der Waals surface area contributed by atoms with E-state index in [4.69, 9.17) is 0 Å². The van der Waals surface area contributed by atoms with Crippen molar-refractivity contribution in [1.29, 1.82) is 0 Å². The van der Waals surface area contributed by atoms with E-state index in [0.29, 0.717) is 19.8 Å². The van der Waals surface area contributed by atoms with Gasteiger partial charge >= 0.3 is 0 Å². The molecule has 2 aliphatic heterocycles. The summed E-state index contributed by atoms with van der Waals surface area (Å²) in [6, 6.07) is 4.57. The number of aromatic nitrogens is 3. The first-order valence-corrected chi connectivity index (χ1v) is 11.0. The highest BCUT2D eigenvalue weighted by Gasteiger charge is 2.28. The second-order valence-electron chi connectivity index (χ2n) is 7.23. The number of piperazine rings is 1. The highest BCUT2D eigenvalue weighted by molar-refractivity contribution is 7.89. The van der Waals surface area contributed by atoms with E-state index in [1.165, 1.54) is 32.1 Å². The molecule has 2 aromatic rings. The number of pyridine rings is 1. The fourth-order valence-corrected chi connectivity index (χ4v) is 5.28. The molecule has 2 aromatic heterocycles. The molecule has 0 unspecified atom stereocenters. The minimum absolute atomic E-state index is 0.179. The highest BCUT2D eigenvalue weighted by atomic mass is 32.2. The Kier molecular flexibility index (Phi) is 5.42. The minimum Gasteiger partial charge on any atom is -0.330 e. The number of hydrogen-bond acceptors (Lipinski definition) is 6. The van der Waals surface area contributed by atoms with E-state index in [-0.39, 0.29) is 10.5 Å². The van der Waals surface area contributed by atoms with Crippen LogP contribution in [0.2, 0.25) is 0 Å². The van der Waals surface area contributed by atoms with E-state index in [0.717, 1.165) is 45.0 Å². The fourth-order valence-electron chi connectivity index (χ4n) is 3.74. The van der Waals surface area contributed by atoms with Crippen LogP contribution in [0.5, 0.6) is 0 Å². The van der Waals surface area contributed by atoms with Crippen LogP contribution in [0, 0.1) is 0 Å². The molecule has 0 atom stereocenters. The Hall–Kier alpha value is -2.30. The zero-order valence-electron chi connectivity index (χ0n) is 15.7. The Labute approximate surface area is 164 Å². The van der Waals surface area contributed by atoms with Crippen molar-refractivity contribution < 1.29 is 13.3 Å². The molecule has 1 N–H and O–H groups in total. The number of nitrogens with zero attached hydrogens (tertiary/aromatic N) is 5. The summed E-state index contributed by atoms with van der Waals surface area (Å²) in [5.74, 6) is 0.720. The molecule has 0 saturated carbocycles. The smallest absolute Gasteiger partial charge is 0.254 e. The van der Waals surface area contributed by atoms with E-state index in [1.807, 2.05) is 0 Å². The highest BCUT2D eigenvalue weighted by Crippen LogP contribution is 2.19. The Morgan fingerprint density at radius 3 is 2.36 bits per heavy atom. The summed E-state index contributed by atoms with van der Waals surface area (Å²) in [6.45, 7) is 4.79. The van der Waals surface area contributed by atoms with Gasteiger partial charge in [0.15, 0.2) is 6.67 Å². The van der Waals surface area contributed by atoms with Crippen molar-refractivity contribution in [2.45, 2.75) is 24.4 Å². The Bertz CT molecular complexity index is 964. The largest absolute Gasteiger partial charge is 0.330 e. The second-order valence-corrected chi connectivity index (χ2v) is 9.17. The summed E-state index contributed by atoms with van der Waals surface area (Å²) in [4.78, 5) is 24.4. The summed E-state index contributed by atoms with van der Waals surface area (Å²) < 4.78 is 28.6. The van der Waals surface area contributed by atoms with Crippen LogP contribution in [0.1, 0.15) is 12.8 Å². The molecule has 150 valence electrons. The molecule has 2 aliphatic rings. The van der Waals surface area contributed by atoms with Gasteiger partial charge in [-0.1, -0.05) is 0 Å². The molecule has 10 heteroatoms. The van der Waals surface area contributed by atoms with Gasteiger partial charge in [-0.15, -0.1) is 0 Å². The minimum atomic E-state index is -3.52. The Morgan fingerprint density at radius 2 is 1.68 bits per heavy atom. The van der Waals surface area contributed by atoms with Crippen LogP contribution < -0.4 is 15.4 Å². The van der Waals surface area contributed by atoms with Gasteiger partial charge in [-0.2, -0.15) is 4.31 Å². The molecule has 2 saturated heterocycles. The number of anilines is 1. The third-order valence-electron chi connectivity index (χ3n) is 5.36. The number of nitrogens with one attached hydrogen (secondary N) is 1. The van der Waals surface area contributed by atoms with E-state index < -0.39 is 10.0 Å². The van der Waals surface area contributed by atoms with E-state index in [9.17, 15) is 13.2 Å². The molecule has 0 aromatic carbocycles. The van der Waals surface area contributed by atoms with Gasteiger partial charge in [-0.05, 0) is 25.0 Å². The second kappa shape index (κ2) is 7.98. The third kappa shape index (κ3) is 3.94. The standard InChI is InChI=1S/C18H24N6O3S/c25-17-5-4-16(28(26,27)24-8-1-2-9-24)14-23(17)15-21-10-12-22(13-11-21)18-19-6-3-7-20-18/h3-7,14H,1-2,8-13,15H2/p+1. The molecule has 0 amide bonds. The molecule has 2 fully saturated rings. The molecular weight excluding hydrogens is 380 g/mol. The van der Waals surface area contributed by atoms with Crippen LogP contribution in [0.4, 0.5) is 5.95 Å². The summed E-state index contributed by atoms with van der Waals surface area (Å²) >= 11 is 0. The van der Waals surface area contributed by atoms with E-state index >= 15 is 0 Å². The Balaban J connectivity index is 1.45. The molecule has 0 spiro atoms. The lowest BCUT2D eigenvalue weighted by Gasteiger charge is -2.32. The fraction of sp³-hybridized carbons (Fsp3) is 0.500. The first kappa shape index (κ1) is 19.0. The van der Waals surface area contributed by atoms with Crippen LogP contribution in [-0.2, 0) is 16.7 Å². The Morgan fingerprint density at radius 1 is 1.00 bits per heavy atom. The van der Waals surface area contributed by atoms with Crippen molar-refractivity contribution in [1.82, 2.24) is 18.8 Å². The average molecular weight is 406 g/mol. The summed E-state index contributed by atoms with van der Waals surface area (Å²) in [5, 5.41) is 0. The van der Waals surface area contributed by atoms with Crippen LogP contribution in [0.25, 0.3) is 0 Å². The summed E-state index contributed by atoms with van der Waals surface area (Å²) in [6.07, 6.45) is 6.73. The monoisotopic (exact) mass is 405 g/mol. The van der Waals surface area contributed by atoms with Crippen molar-refractivity contribution in [3.8, 4) is 0 Å². The lowest BCUT2D eigenvalue weighted by molar-refractivity contribution is -0.923. The van der Waals surface area contributed by atoms with Crippen LogP contribution >= 0.6 is 0 Å². The molecule has 0 radical (unpaired) electrons. The van der Waals surface area contributed by atoms with Gasteiger partial charge in [0.1, 0.15) is 0 Å². The maximum absolute atomic E-state index is 12.8. The molecule has 28 heavy (non-hydrogen) atoms. The predicted octanol–water partition coefficient (Wildman–Crippen LogP) is -1.21. The topological polar surface area (TPSA) is 92.8 Å². The van der Waals surface area contributed by atoms with Gasteiger partial charge in [-0.25, -0.2) is 18.4 Å². The van der Waals surface area contributed by atoms with Crippen molar-refractivity contribution in [2.75, 3.05) is 44.2 Å². The lowest BCUT2D eigenvalue weighted by atomic mass is 10.3. The van der Waals surface area contributed by atoms with Gasteiger partial charge in [0.05, 0.1) is 31.1 Å². The zero-order chi connectivity index (χ0) is 19.6. The quantitative estimate of drug-likeness (QED) is 0.671. The summed E-state index contributed by atoms with van der Waals surface area (Å²) in [5.41, 5.74) is -0.179. The SMILES string of the molecule is O=c1ccc(S(=O)(=O)N2CCCC2)cn1C[NH+]1CCN(c2ncccn2)CC1. The van der Waals surface area contributed by atoms with Crippen molar-refractivity contribution >= 4 is 16.0 Å². The van der Waals surface area contributed by atoms with Crippen molar-refractivity contribution in [2.24, 2.45) is 0 Å². The van der Waals surface area contributed by atoms with Gasteiger partial charge in [-0.3, -0.25) is 9.36 Å². The first-order valence-electron chi connectivity index (χ1n) is 9.60. The predicted molar refractivity (Wildman–Crippen MR) is 104 cm³/mol. The molecule has 4 rings (SSSR count). The van der Waals surface area contributed by atoms with Crippen LogP contribution in [0.3, 0.4) is 0 Å². The molecular formula is C18H25N6O3S+. The van der Waals surface area contributed by atoms with E-state index in [2.05, 4.69) is 14.9 Å². The summed E-state index contributed by atoms with van der Waals surface area (Å²) in [7, 11) is -3.52. The van der Waals surface area contributed by atoms with Crippen LogP contribution in [0.15, 0.2) is 46.5 Å². The first-order chi connectivity index (χ1) is 13.5. The third-order valence-corrected chi connectivity index (χ3v) is 7.24. The van der Waals surface area contributed by atoms with E-state index in [1.54, 1.807) is 18.5 Å². The van der Waals surface area contributed by atoms with Gasteiger partial charge in [0.25, 0.3) is 5.56 Å². The number of rotatable bonds is 5. The number of sulfonamides is 1. The molecule has 0 bridgehead atoms. The van der Waals surface area contributed by atoms with Gasteiger partial charge in [0.2, 0.25) is 16.0 Å². The average Bonchev–Trinajstić information content (AvgIpc) is 3.27. The van der Waals surface area contributed by atoms with Crippen LogP contribution in [-0.4, -0.2) is 66.5 Å². The molecule has 0 aliphatic carbocycles. The number of hydrogen-bond donors (Lipinski definition) is 1. The maximum atomic E-state index is 12.8. The lowest BCUT2D eigenvalue weighted by Crippen LogP contribution is -3.14. The zero-order valence-corrected chi connectivity index (χ0v) is 16.5. The van der Waals surface area contributed by atoms with Crippen molar-refractivity contribution in [3.05, 3.63) is 47.1 Å². The van der Waals surface area contributed by atoms with Gasteiger partial charge < -0.3 is 9.80 Å². The van der Waals surface area contributed by atoms with Gasteiger partial charge in [0, 0.05) is 37.7 Å². The number of quaternary nitrogens is 1. The molecule has 4 heterocycles. The molecule has 9 nitrogen and oxygen atoms in total. The maximum Gasteiger partial charge on any atom is 0.254 e.